The van der Waals surface area contributed by atoms with Crippen LogP contribution in [0.4, 0.5) is 10.2 Å². The molecule has 21 heavy (non-hydrogen) atoms. The normalized spacial score (nSPS) is 19.3. The summed E-state index contributed by atoms with van der Waals surface area (Å²) in [5.41, 5.74) is 0.924. The average molecular weight is 295 g/mol. The number of methoxy groups -OCH3 is 1. The minimum absolute atomic E-state index is 0.238. The molecule has 0 amide bonds. The van der Waals surface area contributed by atoms with Gasteiger partial charge < -0.3 is 15.0 Å². The summed E-state index contributed by atoms with van der Waals surface area (Å²) in [6.07, 6.45) is 3.70. The van der Waals surface area contributed by atoms with Crippen LogP contribution in [0.15, 0.2) is 12.3 Å². The molecule has 2 rings (SSSR count). The second kappa shape index (κ2) is 7.71. The van der Waals surface area contributed by atoms with E-state index in [0.29, 0.717) is 12.5 Å². The molecule has 0 spiro atoms. The molecule has 1 aliphatic rings. The zero-order chi connectivity index (χ0) is 15.2. The van der Waals surface area contributed by atoms with E-state index in [2.05, 4.69) is 29.0 Å². The van der Waals surface area contributed by atoms with Crippen molar-refractivity contribution in [3.8, 4) is 0 Å². The number of pyridine rings is 1. The third-order valence-corrected chi connectivity index (χ3v) is 3.79. The Balaban J connectivity index is 2.10. The van der Waals surface area contributed by atoms with Crippen LogP contribution in [0.3, 0.4) is 0 Å². The maximum absolute atomic E-state index is 13.5. The highest BCUT2D eigenvalue weighted by Gasteiger charge is 2.22. The molecule has 5 heteroatoms. The van der Waals surface area contributed by atoms with Crippen LogP contribution >= 0.6 is 0 Å². The molecular weight excluding hydrogens is 269 g/mol. The zero-order valence-corrected chi connectivity index (χ0v) is 13.2. The van der Waals surface area contributed by atoms with Gasteiger partial charge in [-0.1, -0.05) is 13.8 Å². The minimum Gasteiger partial charge on any atom is -0.380 e. The average Bonchev–Trinajstić information content (AvgIpc) is 2.47. The monoisotopic (exact) mass is 295 g/mol. The summed E-state index contributed by atoms with van der Waals surface area (Å²) in [6.45, 7) is 7.65. The van der Waals surface area contributed by atoms with Crippen LogP contribution in [-0.4, -0.2) is 37.8 Å². The second-order valence-corrected chi connectivity index (χ2v) is 6.11. The van der Waals surface area contributed by atoms with Crippen LogP contribution in [0.2, 0.25) is 0 Å². The van der Waals surface area contributed by atoms with Gasteiger partial charge in [-0.15, -0.1) is 0 Å². The number of ether oxygens (including phenoxy) is 1. The first-order valence-electron chi connectivity index (χ1n) is 7.73. The molecule has 0 radical (unpaired) electrons. The summed E-state index contributed by atoms with van der Waals surface area (Å²) in [7, 11) is 1.75. The Morgan fingerprint density at radius 3 is 3.05 bits per heavy atom. The van der Waals surface area contributed by atoms with E-state index in [9.17, 15) is 4.39 Å². The third-order valence-electron chi connectivity index (χ3n) is 3.79. The molecule has 0 aromatic carbocycles. The number of nitrogens with one attached hydrogen (secondary N) is 1. The Morgan fingerprint density at radius 1 is 1.52 bits per heavy atom. The molecular formula is C16H26FN3O. The highest BCUT2D eigenvalue weighted by molar-refractivity contribution is 5.47. The number of hydrogen-bond donors (Lipinski definition) is 1. The maximum Gasteiger partial charge on any atom is 0.141 e. The lowest BCUT2D eigenvalue weighted by Crippen LogP contribution is -2.40. The summed E-state index contributed by atoms with van der Waals surface area (Å²) in [5, 5.41) is 3.37. The highest BCUT2D eigenvalue weighted by atomic mass is 19.1. The predicted octanol–water partition coefficient (Wildman–Crippen LogP) is 2.58. The standard InChI is InChI=1S/C16H26FN3O/c1-12(2)8-18-9-13-7-14(17)10-19-16(13)20-6-4-5-15(11-20)21-3/h7,10,12,15,18H,4-6,8-9,11H2,1-3H3. The fourth-order valence-corrected chi connectivity index (χ4v) is 2.71. The van der Waals surface area contributed by atoms with E-state index < -0.39 is 0 Å². The maximum atomic E-state index is 13.5. The topological polar surface area (TPSA) is 37.4 Å². The van der Waals surface area contributed by atoms with Crippen LogP contribution < -0.4 is 10.2 Å². The van der Waals surface area contributed by atoms with Gasteiger partial charge in [-0.25, -0.2) is 9.37 Å². The Labute approximate surface area is 126 Å². The first-order valence-corrected chi connectivity index (χ1v) is 7.73. The molecule has 2 heterocycles. The van der Waals surface area contributed by atoms with Gasteiger partial charge in [0.1, 0.15) is 11.6 Å². The van der Waals surface area contributed by atoms with Crippen LogP contribution in [0.5, 0.6) is 0 Å². The lowest BCUT2D eigenvalue weighted by molar-refractivity contribution is 0.0891. The molecule has 1 aromatic heterocycles. The first-order chi connectivity index (χ1) is 10.1. The lowest BCUT2D eigenvalue weighted by Gasteiger charge is -2.34. The Hall–Kier alpha value is -1.20. The molecule has 4 nitrogen and oxygen atoms in total. The molecule has 1 aromatic rings. The molecule has 0 aliphatic carbocycles. The predicted molar refractivity (Wildman–Crippen MR) is 83.0 cm³/mol. The van der Waals surface area contributed by atoms with Gasteiger partial charge in [0.2, 0.25) is 0 Å². The molecule has 1 unspecified atom stereocenters. The number of hydrogen-bond acceptors (Lipinski definition) is 4. The van der Waals surface area contributed by atoms with Gasteiger partial charge >= 0.3 is 0 Å². The molecule has 118 valence electrons. The van der Waals surface area contributed by atoms with Crippen LogP contribution in [0, 0.1) is 11.7 Å². The zero-order valence-electron chi connectivity index (χ0n) is 13.2. The molecule has 1 atom stereocenters. The lowest BCUT2D eigenvalue weighted by atomic mass is 10.1. The Bertz CT molecular complexity index is 453. The SMILES string of the molecule is COC1CCCN(c2ncc(F)cc2CNCC(C)C)C1. The van der Waals surface area contributed by atoms with Crippen LogP contribution in [-0.2, 0) is 11.3 Å². The summed E-state index contributed by atoms with van der Waals surface area (Å²) >= 11 is 0. The molecule has 1 N–H and O–H groups in total. The van der Waals surface area contributed by atoms with E-state index in [4.69, 9.17) is 4.74 Å². The van der Waals surface area contributed by atoms with Crippen LogP contribution in [0.1, 0.15) is 32.3 Å². The fourth-order valence-electron chi connectivity index (χ4n) is 2.71. The molecule has 1 fully saturated rings. The molecule has 0 bridgehead atoms. The van der Waals surface area contributed by atoms with E-state index >= 15 is 0 Å². The van der Waals surface area contributed by atoms with Crippen molar-refractivity contribution in [3.63, 3.8) is 0 Å². The van der Waals surface area contributed by atoms with Crippen molar-refractivity contribution in [2.45, 2.75) is 39.3 Å². The van der Waals surface area contributed by atoms with Gasteiger partial charge in [0.05, 0.1) is 12.3 Å². The number of halogens is 1. The van der Waals surface area contributed by atoms with E-state index in [0.717, 1.165) is 43.9 Å². The quantitative estimate of drug-likeness (QED) is 0.875. The van der Waals surface area contributed by atoms with Crippen molar-refractivity contribution in [3.05, 3.63) is 23.6 Å². The summed E-state index contributed by atoms with van der Waals surface area (Å²) in [4.78, 5) is 6.54. The smallest absolute Gasteiger partial charge is 0.141 e. The van der Waals surface area contributed by atoms with Crippen molar-refractivity contribution in [1.82, 2.24) is 10.3 Å². The van der Waals surface area contributed by atoms with E-state index in [1.165, 1.54) is 6.20 Å². The number of rotatable bonds is 6. The summed E-state index contributed by atoms with van der Waals surface area (Å²) in [6, 6.07) is 1.59. The number of piperidine rings is 1. The van der Waals surface area contributed by atoms with E-state index in [1.807, 2.05) is 0 Å². The summed E-state index contributed by atoms with van der Waals surface area (Å²) < 4.78 is 19.0. The van der Waals surface area contributed by atoms with Crippen molar-refractivity contribution in [1.29, 1.82) is 0 Å². The van der Waals surface area contributed by atoms with Crippen molar-refractivity contribution < 1.29 is 9.13 Å². The summed E-state index contributed by atoms with van der Waals surface area (Å²) in [5.74, 6) is 1.18. The fraction of sp³-hybridized carbons (Fsp3) is 0.688. The number of nitrogens with zero attached hydrogens (tertiary/aromatic N) is 2. The molecule has 0 saturated carbocycles. The van der Waals surface area contributed by atoms with E-state index in [-0.39, 0.29) is 11.9 Å². The van der Waals surface area contributed by atoms with Crippen LogP contribution in [0.25, 0.3) is 0 Å². The van der Waals surface area contributed by atoms with Crippen molar-refractivity contribution >= 4 is 5.82 Å². The molecule has 1 saturated heterocycles. The largest absolute Gasteiger partial charge is 0.380 e. The number of anilines is 1. The number of aromatic nitrogens is 1. The van der Waals surface area contributed by atoms with Gasteiger partial charge in [-0.2, -0.15) is 0 Å². The van der Waals surface area contributed by atoms with Crippen molar-refractivity contribution in [2.75, 3.05) is 31.6 Å². The third kappa shape index (κ3) is 4.64. The highest BCUT2D eigenvalue weighted by Crippen LogP contribution is 2.23. The second-order valence-electron chi connectivity index (χ2n) is 6.11. The van der Waals surface area contributed by atoms with Gasteiger partial charge in [-0.05, 0) is 31.4 Å². The van der Waals surface area contributed by atoms with Gasteiger partial charge in [-0.3, -0.25) is 0 Å². The van der Waals surface area contributed by atoms with Gasteiger partial charge in [0.25, 0.3) is 0 Å². The van der Waals surface area contributed by atoms with Gasteiger partial charge in [0.15, 0.2) is 0 Å². The Morgan fingerprint density at radius 2 is 2.33 bits per heavy atom. The molecule has 1 aliphatic heterocycles. The first kappa shape index (κ1) is 16.2. The van der Waals surface area contributed by atoms with Crippen molar-refractivity contribution in [2.24, 2.45) is 5.92 Å². The van der Waals surface area contributed by atoms with Gasteiger partial charge in [0, 0.05) is 32.3 Å². The Kier molecular flexibility index (Phi) is 5.94. The minimum atomic E-state index is -0.277. The van der Waals surface area contributed by atoms with E-state index in [1.54, 1.807) is 13.2 Å².